The molecule has 0 atom stereocenters. The molecule has 0 aliphatic carbocycles. The first kappa shape index (κ1) is 37.9. The van der Waals surface area contributed by atoms with Crippen LogP contribution < -0.4 is 5.19 Å². The Morgan fingerprint density at radius 3 is 2.25 bits per heavy atom. The van der Waals surface area contributed by atoms with Gasteiger partial charge >= 0.3 is 0 Å². The number of imidazole rings is 1. The van der Waals surface area contributed by atoms with Crippen molar-refractivity contribution in [3.05, 3.63) is 170 Å². The second kappa shape index (κ2) is 16.1. The van der Waals surface area contributed by atoms with Gasteiger partial charge in [0.2, 0.25) is 0 Å². The van der Waals surface area contributed by atoms with E-state index >= 15 is 0 Å². The molecule has 0 bridgehead atoms. The summed E-state index contributed by atoms with van der Waals surface area (Å²) in [5.74, 6) is 1.49. The molecule has 0 fully saturated rings. The van der Waals surface area contributed by atoms with E-state index in [9.17, 15) is 0 Å². The number of hydrogen-bond acceptors (Lipinski definition) is 3. The predicted molar refractivity (Wildman–Crippen MR) is 228 cm³/mol. The molecule has 4 nitrogen and oxygen atoms in total. The van der Waals surface area contributed by atoms with Gasteiger partial charge in [-0.1, -0.05) is 153 Å². The molecule has 6 aromatic carbocycles. The fraction of sp³-hybridized carbons (Fsp3) is 0.143. The van der Waals surface area contributed by atoms with E-state index in [1.165, 1.54) is 27.1 Å². The van der Waals surface area contributed by atoms with Gasteiger partial charge in [0.05, 0.1) is 24.9 Å². The van der Waals surface area contributed by atoms with Crippen molar-refractivity contribution in [3.63, 3.8) is 0 Å². The first-order chi connectivity index (χ1) is 26.2. The zero-order valence-electron chi connectivity index (χ0n) is 31.8. The van der Waals surface area contributed by atoms with E-state index in [0.717, 1.165) is 62.3 Å². The number of benzene rings is 6. The van der Waals surface area contributed by atoms with Crippen LogP contribution in [0.25, 0.3) is 72.2 Å². The van der Waals surface area contributed by atoms with Gasteiger partial charge in [0.15, 0.2) is 0 Å². The van der Waals surface area contributed by atoms with Crippen molar-refractivity contribution in [1.82, 2.24) is 14.5 Å². The maximum atomic E-state index is 5.89. The van der Waals surface area contributed by atoms with E-state index in [4.69, 9.17) is 9.40 Å². The van der Waals surface area contributed by atoms with Crippen LogP contribution in [0, 0.1) is 18.2 Å². The zero-order chi connectivity index (χ0) is 37.2. The quantitative estimate of drug-likeness (QED) is 0.118. The third kappa shape index (κ3) is 7.90. The number of fused-ring (bicyclic) bond motifs is 3. The molecular formula is C49H43IrN3OSi-2. The van der Waals surface area contributed by atoms with E-state index in [1.54, 1.807) is 0 Å². The van der Waals surface area contributed by atoms with Crippen molar-refractivity contribution in [2.75, 3.05) is 0 Å². The monoisotopic (exact) mass is 910 g/mol. The fourth-order valence-electron chi connectivity index (χ4n) is 7.27. The van der Waals surface area contributed by atoms with Crippen LogP contribution in [0.2, 0.25) is 19.6 Å². The molecule has 0 aliphatic heterocycles. The molecule has 0 N–H and O–H groups in total. The minimum absolute atomic E-state index is 0. The summed E-state index contributed by atoms with van der Waals surface area (Å²) < 4.78 is 8.12. The molecule has 0 aliphatic rings. The third-order valence-electron chi connectivity index (χ3n) is 9.82. The zero-order valence-corrected chi connectivity index (χ0v) is 35.2. The van der Waals surface area contributed by atoms with Crippen molar-refractivity contribution < 1.29 is 24.5 Å². The van der Waals surface area contributed by atoms with Gasteiger partial charge in [-0.2, -0.15) is 0 Å². The molecule has 55 heavy (non-hydrogen) atoms. The molecule has 0 amide bonds. The van der Waals surface area contributed by atoms with Crippen LogP contribution in [0.3, 0.4) is 0 Å². The van der Waals surface area contributed by atoms with Crippen molar-refractivity contribution in [2.24, 2.45) is 5.92 Å². The third-order valence-corrected chi connectivity index (χ3v) is 11.9. The van der Waals surface area contributed by atoms with Crippen LogP contribution in [-0.2, 0) is 26.5 Å². The fourth-order valence-corrected chi connectivity index (χ4v) is 8.86. The minimum Gasteiger partial charge on any atom is -0.557 e. The van der Waals surface area contributed by atoms with Gasteiger partial charge in [-0.25, -0.2) is 0 Å². The second-order valence-electron chi connectivity index (χ2n) is 15.3. The Morgan fingerprint density at radius 2 is 1.47 bits per heavy atom. The summed E-state index contributed by atoms with van der Waals surface area (Å²) in [5, 5.41) is 4.85. The van der Waals surface area contributed by atoms with Gasteiger partial charge in [-0.05, 0) is 57.9 Å². The number of furan rings is 1. The molecule has 3 aromatic heterocycles. The van der Waals surface area contributed by atoms with Crippen LogP contribution in [-0.4, -0.2) is 22.6 Å². The van der Waals surface area contributed by atoms with E-state index in [0.29, 0.717) is 5.92 Å². The normalized spacial score (nSPS) is 11.5. The summed E-state index contributed by atoms with van der Waals surface area (Å²) in [6.45, 7) is 11.7. The van der Waals surface area contributed by atoms with Gasteiger partial charge in [0, 0.05) is 49.2 Å². The Hall–Kier alpha value is -5.39. The summed E-state index contributed by atoms with van der Waals surface area (Å²) in [6, 6.07) is 53.4. The molecule has 0 unspecified atom stereocenters. The van der Waals surface area contributed by atoms with Gasteiger partial charge < -0.3 is 14.0 Å². The Morgan fingerprint density at radius 1 is 0.727 bits per heavy atom. The predicted octanol–water partition coefficient (Wildman–Crippen LogP) is 12.3. The first-order valence-electron chi connectivity index (χ1n) is 18.7. The largest absolute Gasteiger partial charge is 0.557 e. The Kier molecular flexibility index (Phi) is 11.1. The summed E-state index contributed by atoms with van der Waals surface area (Å²) in [7, 11) is -1.34. The summed E-state index contributed by atoms with van der Waals surface area (Å²) >= 11 is 0. The molecule has 6 heteroatoms. The number of pyridine rings is 1. The first-order valence-corrected chi connectivity index (χ1v) is 22.2. The van der Waals surface area contributed by atoms with E-state index in [2.05, 4.69) is 171 Å². The number of nitrogens with zero attached hydrogens (tertiary/aromatic N) is 3. The van der Waals surface area contributed by atoms with Crippen LogP contribution in [0.5, 0.6) is 0 Å². The standard InChI is InChI=1S/C31H19N2O.C18H24NSi.Ir/c1-2-9-21(10-3-1)23-17-18-30-25(19-23)26(20-34-30)31-32-27-14-6-7-15-29(27)33(31)28-16-8-12-22-11-4-5-13-24(22)28;1-14(2)11-16-12-17(15-9-7-6-8-10-15)19-13-18(16)20(3,4)5;/h1-19H;6-9,12-14H,11H2,1-5H3;/q2*-1;. The van der Waals surface area contributed by atoms with Gasteiger partial charge in [-0.15, -0.1) is 35.9 Å². The Balaban J connectivity index is 0.000000191. The number of aromatic nitrogens is 3. The van der Waals surface area contributed by atoms with Crippen LogP contribution in [0.15, 0.2) is 156 Å². The van der Waals surface area contributed by atoms with E-state index < -0.39 is 8.07 Å². The molecule has 3 heterocycles. The van der Waals surface area contributed by atoms with Crippen molar-refractivity contribution in [3.8, 4) is 39.5 Å². The summed E-state index contributed by atoms with van der Waals surface area (Å²) in [6.07, 6.45) is 6.41. The summed E-state index contributed by atoms with van der Waals surface area (Å²) in [4.78, 5) is 9.75. The average molecular weight is 910 g/mol. The minimum atomic E-state index is -1.34. The maximum absolute atomic E-state index is 5.89. The number of hydrogen-bond donors (Lipinski definition) is 0. The molecular weight excluding hydrogens is 867 g/mol. The van der Waals surface area contributed by atoms with Crippen LogP contribution >= 0.6 is 0 Å². The van der Waals surface area contributed by atoms with Gasteiger partial charge in [-0.3, -0.25) is 4.98 Å². The topological polar surface area (TPSA) is 43.9 Å². The summed E-state index contributed by atoms with van der Waals surface area (Å²) in [5.41, 5.74) is 10.6. The molecule has 9 rings (SSSR count). The van der Waals surface area contributed by atoms with Crippen molar-refractivity contribution in [1.29, 1.82) is 0 Å². The smallest absolute Gasteiger partial charge is 0.0798 e. The Labute approximate surface area is 338 Å². The van der Waals surface area contributed by atoms with Crippen LogP contribution in [0.4, 0.5) is 0 Å². The van der Waals surface area contributed by atoms with Gasteiger partial charge in [0.1, 0.15) is 0 Å². The molecule has 9 aromatic rings. The number of rotatable bonds is 7. The average Bonchev–Trinajstić information content (AvgIpc) is 3.79. The van der Waals surface area contributed by atoms with E-state index in [1.807, 2.05) is 36.4 Å². The maximum Gasteiger partial charge on any atom is 0.0798 e. The van der Waals surface area contributed by atoms with Crippen molar-refractivity contribution >= 4 is 46.0 Å². The second-order valence-corrected chi connectivity index (χ2v) is 20.3. The molecule has 1 radical (unpaired) electrons. The van der Waals surface area contributed by atoms with E-state index in [-0.39, 0.29) is 20.1 Å². The Bertz CT molecular complexity index is 2700. The van der Waals surface area contributed by atoms with Gasteiger partial charge in [0.25, 0.3) is 0 Å². The number of para-hydroxylation sites is 2. The molecule has 275 valence electrons. The van der Waals surface area contributed by atoms with Crippen molar-refractivity contribution in [2.45, 2.75) is 39.9 Å². The molecule has 0 spiro atoms. The molecule has 0 saturated carbocycles. The SMILES string of the molecule is CC(C)Cc1cc(-c2[c-]cccc2)ncc1[Si](C)(C)C.[Ir].[c-]1oc2ccc(-c3ccccc3)cc2c1-c1nc2ccccc2n1-c1cccc2ccccc12. The molecule has 0 saturated heterocycles. The van der Waals surface area contributed by atoms with Crippen LogP contribution in [0.1, 0.15) is 19.4 Å².